The number of rotatable bonds is 4. The third-order valence-corrected chi connectivity index (χ3v) is 4.74. The van der Waals surface area contributed by atoms with Gasteiger partial charge in [0.15, 0.2) is 4.34 Å². The van der Waals surface area contributed by atoms with Crippen molar-refractivity contribution in [2.45, 2.75) is 24.1 Å². The van der Waals surface area contributed by atoms with E-state index in [1.165, 1.54) is 35.9 Å². The predicted octanol–water partition coefficient (Wildman–Crippen LogP) is 1.95. The van der Waals surface area contributed by atoms with Crippen molar-refractivity contribution in [2.75, 3.05) is 23.7 Å². The van der Waals surface area contributed by atoms with Gasteiger partial charge >= 0.3 is 5.97 Å². The van der Waals surface area contributed by atoms with Crippen molar-refractivity contribution in [3.63, 3.8) is 0 Å². The van der Waals surface area contributed by atoms with E-state index >= 15 is 0 Å². The van der Waals surface area contributed by atoms with Gasteiger partial charge in [-0.1, -0.05) is 30.0 Å². The summed E-state index contributed by atoms with van der Waals surface area (Å²) in [6.07, 6.45) is 2.47. The number of carboxylic acids is 1. The molecule has 1 aliphatic heterocycles. The van der Waals surface area contributed by atoms with E-state index < -0.39 is 5.97 Å². The Morgan fingerprint density at radius 1 is 1.65 bits per heavy atom. The first-order valence-corrected chi connectivity index (χ1v) is 7.38. The number of carbonyl (C=O) groups is 1. The summed E-state index contributed by atoms with van der Waals surface area (Å²) in [6, 6.07) is 0. The average molecular weight is 273 g/mol. The largest absolute Gasteiger partial charge is 0.481 e. The van der Waals surface area contributed by atoms with Crippen molar-refractivity contribution in [1.29, 1.82) is 0 Å². The van der Waals surface area contributed by atoms with Gasteiger partial charge in [0.2, 0.25) is 5.13 Å². The van der Waals surface area contributed by atoms with Crippen molar-refractivity contribution in [3.05, 3.63) is 0 Å². The molecule has 0 aliphatic carbocycles. The van der Waals surface area contributed by atoms with Crippen LogP contribution in [-0.2, 0) is 4.79 Å². The van der Waals surface area contributed by atoms with Gasteiger partial charge < -0.3 is 10.0 Å². The normalized spacial score (nSPS) is 20.5. The van der Waals surface area contributed by atoms with Crippen LogP contribution < -0.4 is 4.90 Å². The average Bonchev–Trinajstić information content (AvgIpc) is 2.75. The zero-order valence-electron chi connectivity index (χ0n) is 9.63. The minimum atomic E-state index is -0.821. The Morgan fingerprint density at radius 3 is 3.18 bits per heavy atom. The molecule has 0 amide bonds. The summed E-state index contributed by atoms with van der Waals surface area (Å²) < 4.78 is 0.737. The van der Waals surface area contributed by atoms with E-state index in [1.54, 1.807) is 0 Å². The van der Waals surface area contributed by atoms with Gasteiger partial charge in [0.05, 0.1) is 5.75 Å². The first kappa shape index (κ1) is 12.6. The summed E-state index contributed by atoms with van der Waals surface area (Å²) in [7, 11) is 0. The molecule has 0 bridgehead atoms. The number of aliphatic carboxylic acids is 1. The van der Waals surface area contributed by atoms with E-state index in [0.29, 0.717) is 5.92 Å². The first-order valence-electron chi connectivity index (χ1n) is 5.58. The maximum Gasteiger partial charge on any atom is 0.313 e. The molecule has 2 heterocycles. The lowest BCUT2D eigenvalue weighted by Gasteiger charge is -2.29. The van der Waals surface area contributed by atoms with Crippen LogP contribution in [0, 0.1) is 5.92 Å². The quantitative estimate of drug-likeness (QED) is 0.846. The van der Waals surface area contributed by atoms with Gasteiger partial charge in [0.1, 0.15) is 0 Å². The van der Waals surface area contributed by atoms with Crippen LogP contribution >= 0.6 is 23.1 Å². The minimum Gasteiger partial charge on any atom is -0.481 e. The molecular weight excluding hydrogens is 258 g/mol. The maximum absolute atomic E-state index is 10.4. The lowest BCUT2D eigenvalue weighted by Crippen LogP contribution is -2.34. The molecule has 0 saturated carbocycles. The van der Waals surface area contributed by atoms with Gasteiger partial charge in [-0.15, -0.1) is 10.2 Å². The third-order valence-electron chi connectivity index (χ3n) is 2.64. The molecule has 1 fully saturated rings. The fourth-order valence-electron chi connectivity index (χ4n) is 1.88. The standard InChI is InChI=1S/C10H15N3O2S2/c1-7-3-2-4-13(5-7)9-11-12-10(17-9)16-6-8(14)15/h7H,2-6H2,1H3,(H,14,15). The monoisotopic (exact) mass is 273 g/mol. The van der Waals surface area contributed by atoms with Crippen LogP contribution in [0.15, 0.2) is 4.34 Å². The van der Waals surface area contributed by atoms with Gasteiger partial charge in [0, 0.05) is 13.1 Å². The van der Waals surface area contributed by atoms with Crippen LogP contribution in [0.5, 0.6) is 0 Å². The zero-order chi connectivity index (χ0) is 12.3. The van der Waals surface area contributed by atoms with Crippen LogP contribution in [0.4, 0.5) is 5.13 Å². The molecule has 1 unspecified atom stereocenters. The van der Waals surface area contributed by atoms with Crippen molar-refractivity contribution in [2.24, 2.45) is 5.92 Å². The molecule has 1 aromatic heterocycles. The molecule has 1 N–H and O–H groups in total. The fraction of sp³-hybridized carbons (Fsp3) is 0.700. The molecule has 0 spiro atoms. The van der Waals surface area contributed by atoms with Crippen LogP contribution in [0.1, 0.15) is 19.8 Å². The molecule has 1 saturated heterocycles. The maximum atomic E-state index is 10.4. The summed E-state index contributed by atoms with van der Waals surface area (Å²) in [5.41, 5.74) is 0. The van der Waals surface area contributed by atoms with E-state index in [0.717, 1.165) is 22.6 Å². The van der Waals surface area contributed by atoms with E-state index in [1.807, 2.05) is 0 Å². The van der Waals surface area contributed by atoms with E-state index in [2.05, 4.69) is 22.0 Å². The Morgan fingerprint density at radius 2 is 2.47 bits per heavy atom. The van der Waals surface area contributed by atoms with Crippen LogP contribution in [0.2, 0.25) is 0 Å². The number of hydrogen-bond acceptors (Lipinski definition) is 6. The highest BCUT2D eigenvalue weighted by molar-refractivity contribution is 8.01. The highest BCUT2D eigenvalue weighted by Gasteiger charge is 2.20. The summed E-state index contributed by atoms with van der Waals surface area (Å²) in [5.74, 6) is -0.0773. The lowest BCUT2D eigenvalue weighted by atomic mass is 10.0. The summed E-state index contributed by atoms with van der Waals surface area (Å²) in [4.78, 5) is 12.7. The van der Waals surface area contributed by atoms with Gasteiger partial charge in [-0.2, -0.15) is 0 Å². The SMILES string of the molecule is CC1CCCN(c2nnc(SCC(=O)O)s2)C1. The Bertz CT molecular complexity index is 397. The molecule has 0 radical (unpaired) electrons. The van der Waals surface area contributed by atoms with Gasteiger partial charge in [-0.25, -0.2) is 0 Å². The second-order valence-electron chi connectivity index (χ2n) is 4.23. The summed E-state index contributed by atoms with van der Waals surface area (Å²) in [5, 5.41) is 17.7. The van der Waals surface area contributed by atoms with E-state index in [4.69, 9.17) is 5.11 Å². The molecule has 5 nitrogen and oxygen atoms in total. The molecular formula is C10H15N3O2S2. The molecule has 94 valence electrons. The highest BCUT2D eigenvalue weighted by Crippen LogP contribution is 2.30. The number of hydrogen-bond donors (Lipinski definition) is 1. The van der Waals surface area contributed by atoms with Crippen molar-refractivity contribution < 1.29 is 9.90 Å². The topological polar surface area (TPSA) is 66.3 Å². The predicted molar refractivity (Wildman–Crippen MR) is 68.9 cm³/mol. The van der Waals surface area contributed by atoms with Gasteiger partial charge in [-0.3, -0.25) is 4.79 Å². The Labute approximate surface area is 108 Å². The molecule has 2 rings (SSSR count). The van der Waals surface area contributed by atoms with Crippen molar-refractivity contribution in [3.8, 4) is 0 Å². The van der Waals surface area contributed by atoms with Gasteiger partial charge in [0.25, 0.3) is 0 Å². The smallest absolute Gasteiger partial charge is 0.313 e. The number of carboxylic acid groups (broad SMARTS) is 1. The molecule has 7 heteroatoms. The van der Waals surface area contributed by atoms with Crippen LogP contribution in [0.3, 0.4) is 0 Å². The summed E-state index contributed by atoms with van der Waals surface area (Å²) in [6.45, 7) is 4.30. The molecule has 0 aromatic carbocycles. The highest BCUT2D eigenvalue weighted by atomic mass is 32.2. The van der Waals surface area contributed by atoms with Crippen LogP contribution in [0.25, 0.3) is 0 Å². The first-order chi connectivity index (χ1) is 8.15. The molecule has 17 heavy (non-hydrogen) atoms. The molecule has 1 aliphatic rings. The number of nitrogens with zero attached hydrogens (tertiary/aromatic N) is 3. The number of thioether (sulfide) groups is 1. The minimum absolute atomic E-state index is 0.0467. The zero-order valence-corrected chi connectivity index (χ0v) is 11.3. The lowest BCUT2D eigenvalue weighted by molar-refractivity contribution is -0.133. The second kappa shape index (κ2) is 5.68. The number of piperidine rings is 1. The number of anilines is 1. The van der Waals surface area contributed by atoms with E-state index in [-0.39, 0.29) is 5.75 Å². The molecule has 1 atom stereocenters. The summed E-state index contributed by atoms with van der Waals surface area (Å²) >= 11 is 2.72. The third kappa shape index (κ3) is 3.57. The van der Waals surface area contributed by atoms with Crippen LogP contribution in [-0.4, -0.2) is 40.1 Å². The molecule has 1 aromatic rings. The van der Waals surface area contributed by atoms with E-state index in [9.17, 15) is 4.79 Å². The Hall–Kier alpha value is -0.820. The second-order valence-corrected chi connectivity index (χ2v) is 6.40. The Balaban J connectivity index is 1.95. The Kier molecular flexibility index (Phi) is 4.22. The number of aromatic nitrogens is 2. The van der Waals surface area contributed by atoms with Gasteiger partial charge in [-0.05, 0) is 18.8 Å². The van der Waals surface area contributed by atoms with Crippen molar-refractivity contribution >= 4 is 34.2 Å². The van der Waals surface area contributed by atoms with Crippen molar-refractivity contribution in [1.82, 2.24) is 10.2 Å². The fourth-order valence-corrected chi connectivity index (χ4v) is 3.47.